The van der Waals surface area contributed by atoms with Crippen LogP contribution in [0.2, 0.25) is 5.15 Å². The van der Waals surface area contributed by atoms with Crippen molar-refractivity contribution in [2.45, 2.75) is 26.7 Å². The fraction of sp³-hybridized carbons (Fsp3) is 0.727. The predicted molar refractivity (Wildman–Crippen MR) is 62.0 cm³/mol. The number of rotatable bonds is 2. The molecule has 0 bridgehead atoms. The highest BCUT2D eigenvalue weighted by Crippen LogP contribution is 2.65. The number of halogens is 1. The van der Waals surface area contributed by atoms with Gasteiger partial charge < -0.3 is 5.73 Å². The molecule has 2 N–H and O–H groups in total. The summed E-state index contributed by atoms with van der Waals surface area (Å²) in [7, 11) is 1.88. The van der Waals surface area contributed by atoms with Crippen LogP contribution in [0, 0.1) is 18.3 Å². The lowest BCUT2D eigenvalue weighted by atomic mass is 10.0. The van der Waals surface area contributed by atoms with Crippen LogP contribution in [0.25, 0.3) is 0 Å². The molecule has 0 saturated heterocycles. The van der Waals surface area contributed by atoms with Gasteiger partial charge in [-0.2, -0.15) is 5.10 Å². The van der Waals surface area contributed by atoms with E-state index in [1.54, 1.807) is 4.68 Å². The smallest absolute Gasteiger partial charge is 0.130 e. The van der Waals surface area contributed by atoms with E-state index >= 15 is 0 Å². The van der Waals surface area contributed by atoms with Crippen molar-refractivity contribution in [3.63, 3.8) is 0 Å². The Bertz CT molecular complexity index is 395. The summed E-state index contributed by atoms with van der Waals surface area (Å²) in [6.45, 7) is 7.24. The van der Waals surface area contributed by atoms with E-state index in [0.717, 1.165) is 17.4 Å². The van der Waals surface area contributed by atoms with E-state index in [1.165, 1.54) is 5.56 Å². The normalized spacial score (nSPS) is 28.1. The fourth-order valence-electron chi connectivity index (χ4n) is 2.76. The average molecular weight is 228 g/mol. The second-order valence-corrected chi connectivity index (χ2v) is 5.41. The first kappa shape index (κ1) is 11.0. The van der Waals surface area contributed by atoms with Gasteiger partial charge in [0.15, 0.2) is 0 Å². The number of aryl methyl sites for hydroxylation is 2. The summed E-state index contributed by atoms with van der Waals surface area (Å²) in [4.78, 5) is 0. The highest BCUT2D eigenvalue weighted by atomic mass is 35.5. The van der Waals surface area contributed by atoms with Crippen molar-refractivity contribution in [3.8, 4) is 0 Å². The van der Waals surface area contributed by atoms with Gasteiger partial charge in [-0.1, -0.05) is 25.4 Å². The quantitative estimate of drug-likeness (QED) is 0.841. The lowest BCUT2D eigenvalue weighted by Crippen LogP contribution is -2.05. The Balaban J connectivity index is 2.40. The molecule has 2 atom stereocenters. The highest BCUT2D eigenvalue weighted by molar-refractivity contribution is 6.30. The minimum absolute atomic E-state index is 0.270. The van der Waals surface area contributed by atoms with Crippen LogP contribution >= 0.6 is 11.6 Å². The molecule has 4 heteroatoms. The van der Waals surface area contributed by atoms with Gasteiger partial charge in [0.25, 0.3) is 0 Å². The predicted octanol–water partition coefficient (Wildman–Crippen LogP) is 2.08. The molecule has 0 aromatic carbocycles. The van der Waals surface area contributed by atoms with Gasteiger partial charge in [-0.05, 0) is 30.7 Å². The van der Waals surface area contributed by atoms with Crippen molar-refractivity contribution in [2.24, 2.45) is 24.1 Å². The van der Waals surface area contributed by atoms with Crippen LogP contribution in [0.1, 0.15) is 31.0 Å². The zero-order valence-corrected chi connectivity index (χ0v) is 10.5. The van der Waals surface area contributed by atoms with E-state index in [4.69, 9.17) is 17.3 Å². The van der Waals surface area contributed by atoms with Gasteiger partial charge in [0.05, 0.1) is 5.69 Å². The van der Waals surface area contributed by atoms with E-state index in [-0.39, 0.29) is 5.41 Å². The summed E-state index contributed by atoms with van der Waals surface area (Å²) in [6.07, 6.45) is 0. The zero-order valence-electron chi connectivity index (χ0n) is 9.71. The number of hydrogen-bond donors (Lipinski definition) is 1. The van der Waals surface area contributed by atoms with E-state index in [0.29, 0.717) is 11.8 Å². The Hall–Kier alpha value is -0.540. The molecule has 0 amide bonds. The molecule has 1 aliphatic carbocycles. The molecule has 0 aliphatic heterocycles. The minimum Gasteiger partial charge on any atom is -0.330 e. The molecule has 15 heavy (non-hydrogen) atoms. The lowest BCUT2D eigenvalue weighted by molar-refractivity contribution is 0.558. The van der Waals surface area contributed by atoms with Gasteiger partial charge in [0.2, 0.25) is 0 Å². The minimum atomic E-state index is 0.270. The molecule has 0 radical (unpaired) electrons. The Morgan fingerprint density at radius 2 is 2.13 bits per heavy atom. The Morgan fingerprint density at radius 1 is 1.53 bits per heavy atom. The molecule has 1 fully saturated rings. The Labute approximate surface area is 95.6 Å². The second-order valence-electron chi connectivity index (χ2n) is 5.05. The lowest BCUT2D eigenvalue weighted by Gasteiger charge is -2.02. The van der Waals surface area contributed by atoms with Crippen molar-refractivity contribution in [1.29, 1.82) is 0 Å². The van der Waals surface area contributed by atoms with Crippen LogP contribution in [-0.2, 0) is 7.05 Å². The van der Waals surface area contributed by atoms with E-state index in [9.17, 15) is 0 Å². The summed E-state index contributed by atoms with van der Waals surface area (Å²) >= 11 is 6.26. The van der Waals surface area contributed by atoms with Gasteiger partial charge in [-0.15, -0.1) is 0 Å². The second kappa shape index (κ2) is 3.22. The standard InChI is InChI=1S/C11H18ClN3/c1-6-8(10(12)15(4)14-6)9-7(5-13)11(9,2)3/h7,9H,5,13H2,1-4H3/t7-,9+/m1/s1. The van der Waals surface area contributed by atoms with Crippen molar-refractivity contribution in [3.05, 3.63) is 16.4 Å². The molecule has 2 rings (SSSR count). The number of hydrogen-bond acceptors (Lipinski definition) is 2. The van der Waals surface area contributed by atoms with E-state index in [1.807, 2.05) is 14.0 Å². The molecule has 1 aromatic rings. The first-order chi connectivity index (χ1) is 6.91. The molecule has 1 heterocycles. The number of nitrogens with zero attached hydrogens (tertiary/aromatic N) is 2. The van der Waals surface area contributed by atoms with Crippen molar-refractivity contribution in [2.75, 3.05) is 6.54 Å². The summed E-state index contributed by atoms with van der Waals surface area (Å²) in [5.41, 5.74) is 8.28. The monoisotopic (exact) mass is 227 g/mol. The zero-order chi connectivity index (χ0) is 11.4. The Kier molecular flexibility index (Phi) is 2.36. The van der Waals surface area contributed by atoms with Gasteiger partial charge in [-0.3, -0.25) is 4.68 Å². The highest BCUT2D eigenvalue weighted by Gasteiger charge is 2.58. The van der Waals surface area contributed by atoms with Crippen LogP contribution in [0.5, 0.6) is 0 Å². The number of nitrogens with two attached hydrogens (primary N) is 1. The maximum absolute atomic E-state index is 6.26. The van der Waals surface area contributed by atoms with Crippen LogP contribution in [0.3, 0.4) is 0 Å². The first-order valence-electron chi connectivity index (χ1n) is 5.30. The molecule has 0 unspecified atom stereocenters. The van der Waals surface area contributed by atoms with Crippen LogP contribution in [-0.4, -0.2) is 16.3 Å². The molecular weight excluding hydrogens is 210 g/mol. The maximum Gasteiger partial charge on any atom is 0.130 e. The van der Waals surface area contributed by atoms with E-state index < -0.39 is 0 Å². The van der Waals surface area contributed by atoms with Gasteiger partial charge >= 0.3 is 0 Å². The largest absolute Gasteiger partial charge is 0.330 e. The molecular formula is C11H18ClN3. The van der Waals surface area contributed by atoms with Gasteiger partial charge in [-0.25, -0.2) is 0 Å². The van der Waals surface area contributed by atoms with Crippen molar-refractivity contribution in [1.82, 2.24) is 9.78 Å². The molecule has 84 valence electrons. The van der Waals surface area contributed by atoms with Crippen LogP contribution in [0.15, 0.2) is 0 Å². The van der Waals surface area contributed by atoms with Gasteiger partial charge in [0.1, 0.15) is 5.15 Å². The summed E-state index contributed by atoms with van der Waals surface area (Å²) in [5.74, 6) is 1.02. The van der Waals surface area contributed by atoms with Crippen LogP contribution in [0.4, 0.5) is 0 Å². The van der Waals surface area contributed by atoms with Crippen molar-refractivity contribution >= 4 is 11.6 Å². The maximum atomic E-state index is 6.26. The van der Waals surface area contributed by atoms with Gasteiger partial charge in [0, 0.05) is 12.6 Å². The van der Waals surface area contributed by atoms with Crippen LogP contribution < -0.4 is 5.73 Å². The topological polar surface area (TPSA) is 43.8 Å². The summed E-state index contributed by atoms with van der Waals surface area (Å²) in [6, 6.07) is 0. The third kappa shape index (κ3) is 1.41. The summed E-state index contributed by atoms with van der Waals surface area (Å²) < 4.78 is 1.74. The van der Waals surface area contributed by atoms with Crippen molar-refractivity contribution < 1.29 is 0 Å². The Morgan fingerprint density at radius 3 is 2.47 bits per heavy atom. The summed E-state index contributed by atoms with van der Waals surface area (Å²) in [5, 5.41) is 5.12. The third-order valence-corrected chi connectivity index (χ3v) is 4.26. The number of aromatic nitrogens is 2. The SMILES string of the molecule is Cc1nn(C)c(Cl)c1[C@@H]1[C@@H](CN)C1(C)C. The molecule has 1 aromatic heterocycles. The first-order valence-corrected chi connectivity index (χ1v) is 5.68. The van der Waals surface area contributed by atoms with E-state index in [2.05, 4.69) is 18.9 Å². The fourth-order valence-corrected chi connectivity index (χ4v) is 3.05. The molecule has 0 spiro atoms. The molecule has 1 aliphatic rings. The average Bonchev–Trinajstić information content (AvgIpc) is 2.58. The molecule has 3 nitrogen and oxygen atoms in total. The molecule has 1 saturated carbocycles. The third-order valence-electron chi connectivity index (χ3n) is 3.81.